The van der Waals surface area contributed by atoms with Crippen LogP contribution in [0.25, 0.3) is 0 Å². The predicted molar refractivity (Wildman–Crippen MR) is 151 cm³/mol. The molecule has 2 saturated heterocycles. The number of likely N-dealkylation sites (tertiary alicyclic amines) is 1. The second-order valence-electron chi connectivity index (χ2n) is 9.04. The third-order valence-electron chi connectivity index (χ3n) is 6.47. The van der Waals surface area contributed by atoms with Crippen LogP contribution in [0.15, 0.2) is 48.5 Å². The molecule has 2 atom stereocenters. The van der Waals surface area contributed by atoms with Gasteiger partial charge in [0.2, 0.25) is 5.91 Å². The second-order valence-corrected chi connectivity index (χ2v) is 9.91. The number of nitriles is 1. The van der Waals surface area contributed by atoms with Crippen LogP contribution in [0.1, 0.15) is 18.9 Å². The smallest absolute Gasteiger partial charge is 0.237 e. The molecule has 0 radical (unpaired) electrons. The molecule has 38 heavy (non-hydrogen) atoms. The van der Waals surface area contributed by atoms with E-state index in [9.17, 15) is 4.79 Å². The molecule has 204 valence electrons. The summed E-state index contributed by atoms with van der Waals surface area (Å²) in [6, 6.07) is 14.3. The number of halogens is 2. The number of nitrogens with one attached hydrogen (secondary N) is 4. The third-order valence-corrected chi connectivity index (χ3v) is 6.97. The van der Waals surface area contributed by atoms with Crippen molar-refractivity contribution < 1.29 is 9.53 Å². The summed E-state index contributed by atoms with van der Waals surface area (Å²) < 4.78 is 6.04. The summed E-state index contributed by atoms with van der Waals surface area (Å²) in [5.41, 5.74) is 1.19. The lowest BCUT2D eigenvalue weighted by molar-refractivity contribution is -0.133. The molecule has 2 aliphatic heterocycles. The Morgan fingerprint density at radius 1 is 1.18 bits per heavy atom. The maximum atomic E-state index is 12.7. The Bertz CT molecular complexity index is 1090. The highest BCUT2D eigenvalue weighted by atomic mass is 35.5. The van der Waals surface area contributed by atoms with E-state index in [1.807, 2.05) is 41.3 Å². The normalized spacial score (nSPS) is 17.3. The number of nitrogens with zero attached hydrogens (tertiary/aromatic N) is 3. The highest BCUT2D eigenvalue weighted by Crippen LogP contribution is 2.22. The van der Waals surface area contributed by atoms with Crippen molar-refractivity contribution >= 4 is 34.8 Å². The molecule has 11 heteroatoms. The van der Waals surface area contributed by atoms with Crippen molar-refractivity contribution in [3.8, 4) is 11.9 Å². The third kappa shape index (κ3) is 8.32. The molecule has 2 heterocycles. The topological polar surface area (TPSA) is 117 Å². The van der Waals surface area contributed by atoms with Crippen LogP contribution in [0, 0.1) is 16.9 Å². The summed E-state index contributed by atoms with van der Waals surface area (Å²) in [5.74, 6) is 0.842. The van der Waals surface area contributed by atoms with Crippen molar-refractivity contribution in [2.24, 2.45) is 0 Å². The molecular weight excluding hydrogens is 525 g/mol. The Morgan fingerprint density at radius 3 is 2.34 bits per heavy atom. The first-order valence-corrected chi connectivity index (χ1v) is 13.4. The summed E-state index contributed by atoms with van der Waals surface area (Å²) >= 11 is 12.0. The fourth-order valence-electron chi connectivity index (χ4n) is 4.42. The van der Waals surface area contributed by atoms with Gasteiger partial charge in [-0.25, -0.2) is 0 Å². The lowest BCUT2D eigenvalue weighted by Gasteiger charge is -2.45. The van der Waals surface area contributed by atoms with E-state index in [2.05, 4.69) is 27.8 Å². The van der Waals surface area contributed by atoms with Crippen molar-refractivity contribution in [3.63, 3.8) is 0 Å². The minimum atomic E-state index is -0.354. The van der Waals surface area contributed by atoms with E-state index in [-0.39, 0.29) is 24.2 Å². The van der Waals surface area contributed by atoms with Gasteiger partial charge in [0.05, 0.1) is 24.5 Å². The minimum Gasteiger partial charge on any atom is -0.488 e. The summed E-state index contributed by atoms with van der Waals surface area (Å²) in [4.78, 5) is 16.8. The second kappa shape index (κ2) is 14.9. The van der Waals surface area contributed by atoms with Crippen molar-refractivity contribution in [3.05, 3.63) is 64.1 Å². The molecule has 0 saturated carbocycles. The molecule has 2 aliphatic rings. The Kier molecular flexibility index (Phi) is 11.6. The van der Waals surface area contributed by atoms with E-state index in [0.29, 0.717) is 35.4 Å². The number of amides is 1. The van der Waals surface area contributed by atoms with Gasteiger partial charge in [-0.1, -0.05) is 42.3 Å². The largest absolute Gasteiger partial charge is 0.488 e. The molecule has 2 unspecified atom stereocenters. The maximum Gasteiger partial charge on any atom is 0.237 e. The van der Waals surface area contributed by atoms with E-state index in [1.165, 1.54) is 0 Å². The van der Waals surface area contributed by atoms with Gasteiger partial charge < -0.3 is 25.7 Å². The fraction of sp³-hybridized carbons (Fsp3) is 0.444. The van der Waals surface area contributed by atoms with Crippen LogP contribution in [0.4, 0.5) is 0 Å². The van der Waals surface area contributed by atoms with Crippen molar-refractivity contribution in [2.75, 3.05) is 46.3 Å². The average Bonchev–Trinajstić information content (AvgIpc) is 2.91. The van der Waals surface area contributed by atoms with Crippen LogP contribution in [-0.2, 0) is 4.79 Å². The van der Waals surface area contributed by atoms with Gasteiger partial charge >= 0.3 is 0 Å². The number of ether oxygens (including phenoxy) is 1. The van der Waals surface area contributed by atoms with Crippen LogP contribution in [-0.4, -0.2) is 86.0 Å². The Balaban J connectivity index is 0.000000934. The molecule has 0 aliphatic carbocycles. The molecule has 9 nitrogen and oxygen atoms in total. The van der Waals surface area contributed by atoms with Gasteiger partial charge in [0, 0.05) is 49.8 Å². The quantitative estimate of drug-likeness (QED) is 0.201. The lowest BCUT2D eigenvalue weighted by Crippen LogP contribution is -2.64. The number of rotatable bonds is 10. The standard InChI is InChI=1S/C25H31Cl2N5O2.C2H4N2/c1-2-23(31-15-21(16-31)34-20-9-7-19(27)8-10-20)30-13-22(32-12-11-29-14-24(32)33)25(28)17-3-5-18(26)6-4-17;1-4-2-3/h3-10,21-23,28-30H,2,11-16H2,1H3;4H,1H3. The molecule has 4 rings (SSSR count). The van der Waals surface area contributed by atoms with Crippen LogP contribution in [0.2, 0.25) is 10.0 Å². The van der Waals surface area contributed by atoms with E-state index in [0.717, 1.165) is 37.4 Å². The van der Waals surface area contributed by atoms with Gasteiger partial charge in [0.25, 0.3) is 0 Å². The maximum absolute atomic E-state index is 12.7. The highest BCUT2D eigenvalue weighted by molar-refractivity contribution is 6.31. The number of piperazine rings is 1. The Labute approximate surface area is 234 Å². The molecule has 0 aromatic heterocycles. The SMILES string of the molecule is CCC(NCC(C(=N)c1ccc(Cl)cc1)N1CCNCC1=O)N1CC(Oc2ccc(Cl)cc2)C1.CNC#N. The fourth-order valence-corrected chi connectivity index (χ4v) is 4.68. The van der Waals surface area contributed by atoms with Crippen molar-refractivity contribution in [2.45, 2.75) is 31.7 Å². The van der Waals surface area contributed by atoms with Crippen molar-refractivity contribution in [1.29, 1.82) is 10.7 Å². The van der Waals surface area contributed by atoms with Crippen molar-refractivity contribution in [1.82, 2.24) is 25.8 Å². The van der Waals surface area contributed by atoms with E-state index in [4.69, 9.17) is 38.6 Å². The van der Waals surface area contributed by atoms with Gasteiger partial charge in [-0.15, -0.1) is 0 Å². The summed E-state index contributed by atoms with van der Waals surface area (Å²) in [5, 5.41) is 26.7. The number of carbonyl (C=O) groups excluding carboxylic acids is 1. The predicted octanol–water partition coefficient (Wildman–Crippen LogP) is 2.94. The number of benzene rings is 2. The molecule has 0 spiro atoms. The Hall–Kier alpha value is -2.87. The minimum absolute atomic E-state index is 0.0187. The number of carbonyl (C=O) groups is 1. The molecule has 0 bridgehead atoms. The monoisotopic (exact) mass is 559 g/mol. The first-order chi connectivity index (χ1) is 18.4. The van der Waals surface area contributed by atoms with Crippen LogP contribution < -0.4 is 20.7 Å². The zero-order valence-corrected chi connectivity index (χ0v) is 23.2. The lowest BCUT2D eigenvalue weighted by atomic mass is 10.0. The molecule has 2 aromatic carbocycles. The van der Waals surface area contributed by atoms with E-state index >= 15 is 0 Å². The van der Waals surface area contributed by atoms with Crippen LogP contribution in [0.5, 0.6) is 5.75 Å². The molecule has 4 N–H and O–H groups in total. The Morgan fingerprint density at radius 2 is 1.79 bits per heavy atom. The molecule has 2 fully saturated rings. The van der Waals surface area contributed by atoms with E-state index < -0.39 is 0 Å². The van der Waals surface area contributed by atoms with Gasteiger partial charge in [0.1, 0.15) is 11.9 Å². The zero-order chi connectivity index (χ0) is 27.5. The highest BCUT2D eigenvalue weighted by Gasteiger charge is 2.35. The number of hydrogen-bond donors (Lipinski definition) is 4. The number of hydrogen-bond acceptors (Lipinski definition) is 8. The van der Waals surface area contributed by atoms with Gasteiger partial charge in [-0.2, -0.15) is 5.26 Å². The first-order valence-electron chi connectivity index (χ1n) is 12.7. The van der Waals surface area contributed by atoms with Gasteiger partial charge in [0.15, 0.2) is 6.19 Å². The van der Waals surface area contributed by atoms with E-state index in [1.54, 1.807) is 25.4 Å². The summed E-state index contributed by atoms with van der Waals surface area (Å²) in [6.45, 7) is 5.89. The molecule has 1 amide bonds. The molecular formula is C27H35Cl2N7O2. The average molecular weight is 561 g/mol. The van der Waals surface area contributed by atoms with Crippen LogP contribution >= 0.6 is 23.2 Å². The summed E-state index contributed by atoms with van der Waals surface area (Å²) in [7, 11) is 1.57. The zero-order valence-electron chi connectivity index (χ0n) is 21.7. The summed E-state index contributed by atoms with van der Waals surface area (Å²) in [6.07, 6.45) is 2.86. The molecule has 2 aromatic rings. The van der Waals surface area contributed by atoms with Gasteiger partial charge in [-0.05, 0) is 48.4 Å². The van der Waals surface area contributed by atoms with Crippen LogP contribution in [0.3, 0.4) is 0 Å². The van der Waals surface area contributed by atoms with Gasteiger partial charge in [-0.3, -0.25) is 15.0 Å². The first kappa shape index (κ1) is 29.7.